The highest BCUT2D eigenvalue weighted by Crippen LogP contribution is 2.29. The summed E-state index contributed by atoms with van der Waals surface area (Å²) in [5.41, 5.74) is 1.18. The van der Waals surface area contributed by atoms with Gasteiger partial charge in [-0.25, -0.2) is 0 Å². The minimum absolute atomic E-state index is 0.0518. The number of carbonyl (C=O) groups excluding carboxylic acids is 1. The normalized spacial score (nSPS) is 11.1. The van der Waals surface area contributed by atoms with Crippen LogP contribution in [0.4, 0.5) is 5.69 Å². The molecule has 1 aromatic carbocycles. The fraction of sp³-hybridized carbons (Fsp3) is 0.100. The lowest BCUT2D eigenvalue weighted by Crippen LogP contribution is -2.23. The van der Waals surface area contributed by atoms with E-state index in [0.29, 0.717) is 17.1 Å². The van der Waals surface area contributed by atoms with Crippen LogP contribution in [0.25, 0.3) is 17.4 Å². The van der Waals surface area contributed by atoms with Crippen molar-refractivity contribution in [2.45, 2.75) is 13.5 Å². The van der Waals surface area contributed by atoms with Crippen LogP contribution in [0.3, 0.4) is 0 Å². The third kappa shape index (κ3) is 4.16. The number of hydrogen-bond acceptors (Lipinski definition) is 6. The van der Waals surface area contributed by atoms with Crippen LogP contribution in [-0.4, -0.2) is 10.8 Å². The monoisotopic (exact) mass is 377 g/mol. The van der Waals surface area contributed by atoms with E-state index >= 15 is 0 Å². The van der Waals surface area contributed by atoms with Crippen molar-refractivity contribution >= 4 is 17.7 Å². The molecule has 1 amide bonds. The van der Waals surface area contributed by atoms with Crippen LogP contribution in [0, 0.1) is 28.4 Å². The number of non-ortho nitro benzene ring substituents is 1. The molecule has 0 saturated carbocycles. The standard InChI is InChI=1S/C20H15N3O5/c1-13-4-5-15(23(25)26)10-18(13)19-7-6-16(28-19)9-14(11-21)20(24)22-12-17-3-2-8-27-17/h2-10H,12H2,1H3,(H,22,24)/b14-9-. The van der Waals surface area contributed by atoms with E-state index in [4.69, 9.17) is 8.83 Å². The molecule has 0 aliphatic carbocycles. The second kappa shape index (κ2) is 8.05. The van der Waals surface area contributed by atoms with Gasteiger partial charge in [-0.3, -0.25) is 14.9 Å². The van der Waals surface area contributed by atoms with E-state index < -0.39 is 10.8 Å². The number of nitro groups is 1. The van der Waals surface area contributed by atoms with E-state index in [2.05, 4.69) is 5.32 Å². The first-order valence-corrected chi connectivity index (χ1v) is 8.25. The summed E-state index contributed by atoms with van der Waals surface area (Å²) in [4.78, 5) is 22.7. The molecule has 0 saturated heterocycles. The van der Waals surface area contributed by atoms with Crippen LogP contribution in [0.15, 0.2) is 63.1 Å². The van der Waals surface area contributed by atoms with Crippen LogP contribution in [-0.2, 0) is 11.3 Å². The molecule has 2 aromatic heterocycles. The van der Waals surface area contributed by atoms with Gasteiger partial charge in [0.05, 0.1) is 17.7 Å². The smallest absolute Gasteiger partial charge is 0.270 e. The number of carbonyl (C=O) groups is 1. The Labute approximate surface area is 159 Å². The van der Waals surface area contributed by atoms with E-state index in [9.17, 15) is 20.2 Å². The van der Waals surface area contributed by atoms with Crippen LogP contribution >= 0.6 is 0 Å². The number of nitro benzene ring substituents is 1. The summed E-state index contributed by atoms with van der Waals surface area (Å²) in [5.74, 6) is 0.682. The quantitative estimate of drug-likeness (QED) is 0.300. The molecule has 0 bridgehead atoms. The van der Waals surface area contributed by atoms with E-state index in [1.807, 2.05) is 6.07 Å². The number of aryl methyl sites for hydroxylation is 1. The second-order valence-electron chi connectivity index (χ2n) is 5.89. The van der Waals surface area contributed by atoms with E-state index in [-0.39, 0.29) is 23.6 Å². The van der Waals surface area contributed by atoms with Crippen molar-refractivity contribution in [3.63, 3.8) is 0 Å². The zero-order chi connectivity index (χ0) is 20.1. The first-order valence-electron chi connectivity index (χ1n) is 8.25. The van der Waals surface area contributed by atoms with Crippen molar-refractivity contribution in [2.75, 3.05) is 0 Å². The number of rotatable bonds is 6. The number of nitriles is 1. The molecule has 2 heterocycles. The Balaban J connectivity index is 1.80. The Morgan fingerprint density at radius 2 is 2.14 bits per heavy atom. The minimum Gasteiger partial charge on any atom is -0.467 e. The Morgan fingerprint density at radius 1 is 1.32 bits per heavy atom. The van der Waals surface area contributed by atoms with Crippen molar-refractivity contribution in [3.05, 3.63) is 81.5 Å². The summed E-state index contributed by atoms with van der Waals surface area (Å²) >= 11 is 0. The third-order valence-electron chi connectivity index (χ3n) is 3.98. The van der Waals surface area contributed by atoms with Gasteiger partial charge in [0.2, 0.25) is 0 Å². The van der Waals surface area contributed by atoms with Gasteiger partial charge in [-0.15, -0.1) is 0 Å². The van der Waals surface area contributed by atoms with Gasteiger partial charge in [-0.05, 0) is 36.8 Å². The van der Waals surface area contributed by atoms with Gasteiger partial charge in [-0.2, -0.15) is 5.26 Å². The predicted octanol–water partition coefficient (Wildman–Crippen LogP) is 3.98. The number of amides is 1. The molecule has 1 N–H and O–H groups in total. The average molecular weight is 377 g/mol. The maximum absolute atomic E-state index is 12.2. The lowest BCUT2D eigenvalue weighted by atomic mass is 10.1. The summed E-state index contributed by atoms with van der Waals surface area (Å²) in [5, 5.41) is 22.8. The van der Waals surface area contributed by atoms with Crippen LogP contribution in [0.2, 0.25) is 0 Å². The van der Waals surface area contributed by atoms with Crippen molar-refractivity contribution in [2.24, 2.45) is 0 Å². The van der Waals surface area contributed by atoms with Gasteiger partial charge in [0, 0.05) is 23.8 Å². The fourth-order valence-corrected chi connectivity index (χ4v) is 2.53. The maximum atomic E-state index is 12.2. The number of hydrogen-bond donors (Lipinski definition) is 1. The Bertz CT molecular complexity index is 1090. The van der Waals surface area contributed by atoms with Gasteiger partial charge in [-0.1, -0.05) is 6.07 Å². The highest BCUT2D eigenvalue weighted by molar-refractivity contribution is 6.01. The summed E-state index contributed by atoms with van der Waals surface area (Å²) < 4.78 is 10.8. The first-order chi connectivity index (χ1) is 13.5. The molecule has 28 heavy (non-hydrogen) atoms. The molecule has 0 aliphatic heterocycles. The van der Waals surface area contributed by atoms with Gasteiger partial charge in [0.25, 0.3) is 11.6 Å². The second-order valence-corrected chi connectivity index (χ2v) is 5.89. The van der Waals surface area contributed by atoms with Gasteiger partial charge in [0.1, 0.15) is 28.9 Å². The molecule has 0 radical (unpaired) electrons. The lowest BCUT2D eigenvalue weighted by molar-refractivity contribution is -0.384. The highest BCUT2D eigenvalue weighted by Gasteiger charge is 2.14. The van der Waals surface area contributed by atoms with Crippen molar-refractivity contribution < 1.29 is 18.6 Å². The molecule has 8 nitrogen and oxygen atoms in total. The van der Waals surface area contributed by atoms with Crippen molar-refractivity contribution in [3.8, 4) is 17.4 Å². The molecule has 0 unspecified atom stereocenters. The van der Waals surface area contributed by atoms with E-state index in [1.54, 1.807) is 37.3 Å². The Hall–Kier alpha value is -4.12. The number of furan rings is 2. The summed E-state index contributed by atoms with van der Waals surface area (Å²) in [6.45, 7) is 1.96. The Morgan fingerprint density at radius 3 is 2.82 bits per heavy atom. The lowest BCUT2D eigenvalue weighted by Gasteiger charge is -2.03. The zero-order valence-electron chi connectivity index (χ0n) is 14.8. The molecule has 140 valence electrons. The molecule has 0 atom stereocenters. The number of benzene rings is 1. The molecule has 3 aromatic rings. The molecule has 0 aliphatic rings. The molecular weight excluding hydrogens is 362 g/mol. The van der Waals surface area contributed by atoms with Gasteiger partial charge >= 0.3 is 0 Å². The van der Waals surface area contributed by atoms with E-state index in [0.717, 1.165) is 5.56 Å². The third-order valence-corrected chi connectivity index (χ3v) is 3.98. The zero-order valence-corrected chi connectivity index (χ0v) is 14.8. The van der Waals surface area contributed by atoms with Crippen molar-refractivity contribution in [1.29, 1.82) is 5.26 Å². The van der Waals surface area contributed by atoms with Gasteiger partial charge < -0.3 is 14.2 Å². The summed E-state index contributed by atoms with van der Waals surface area (Å²) in [6, 6.07) is 12.9. The molecule has 0 spiro atoms. The molecule has 8 heteroatoms. The highest BCUT2D eigenvalue weighted by atomic mass is 16.6. The van der Waals surface area contributed by atoms with Gasteiger partial charge in [0.15, 0.2) is 0 Å². The van der Waals surface area contributed by atoms with Crippen LogP contribution in [0.1, 0.15) is 17.1 Å². The molecule has 0 fully saturated rings. The van der Waals surface area contributed by atoms with Crippen molar-refractivity contribution in [1.82, 2.24) is 5.32 Å². The largest absolute Gasteiger partial charge is 0.467 e. The summed E-state index contributed by atoms with van der Waals surface area (Å²) in [6.07, 6.45) is 2.80. The number of nitrogens with zero attached hydrogens (tertiary/aromatic N) is 2. The van der Waals surface area contributed by atoms with E-state index in [1.165, 1.54) is 24.5 Å². The van der Waals surface area contributed by atoms with Crippen LogP contribution in [0.5, 0.6) is 0 Å². The molecular formula is C20H15N3O5. The molecule has 3 rings (SSSR count). The topological polar surface area (TPSA) is 122 Å². The Kier molecular flexibility index (Phi) is 5.37. The predicted molar refractivity (Wildman–Crippen MR) is 99.7 cm³/mol. The first kappa shape index (κ1) is 18.7. The minimum atomic E-state index is -0.566. The van der Waals surface area contributed by atoms with Crippen LogP contribution < -0.4 is 5.32 Å². The average Bonchev–Trinajstić information content (AvgIpc) is 3.36. The summed E-state index contributed by atoms with van der Waals surface area (Å²) in [7, 11) is 0. The fourth-order valence-electron chi connectivity index (χ4n) is 2.53. The SMILES string of the molecule is Cc1ccc([N+](=O)[O-])cc1-c1ccc(/C=C(/C#N)C(=O)NCc2ccco2)o1. The maximum Gasteiger partial charge on any atom is 0.270 e. The number of nitrogens with one attached hydrogen (secondary N) is 1.